The lowest BCUT2D eigenvalue weighted by Crippen LogP contribution is -1.77. The van der Waals surface area contributed by atoms with Crippen LogP contribution in [0.4, 0.5) is 0 Å². The van der Waals surface area contributed by atoms with Gasteiger partial charge in [-0.2, -0.15) is 0 Å². The predicted molar refractivity (Wildman–Crippen MR) is 198 cm³/mol. The molecule has 9 rings (SSSR count). The first kappa shape index (κ1) is 25.5. The standard InChI is InChI=1S/C42H26S2/c1-3-7-31-17-27(9-13-29(31)5-1)11-15-39-23-37-21-33-19-34-22-38-24-40(16-12-28-10-14-30-6-2-4-8-32(30)18-28)44-42(38)26-36(34)20-35(33)25-41(37)43-39/h1-26H/b15-11+,16-12+. The molecule has 0 unspecified atom stereocenters. The fourth-order valence-corrected chi connectivity index (χ4v) is 8.26. The van der Waals surface area contributed by atoms with Crippen molar-refractivity contribution in [2.24, 2.45) is 0 Å². The molecule has 0 atom stereocenters. The summed E-state index contributed by atoms with van der Waals surface area (Å²) in [4.78, 5) is 2.55. The molecule has 0 radical (unpaired) electrons. The molecule has 0 aliphatic heterocycles. The van der Waals surface area contributed by atoms with E-state index in [2.05, 4.69) is 158 Å². The third kappa shape index (κ3) is 4.69. The number of benzene rings is 7. The Labute approximate surface area is 263 Å². The molecular formula is C42H26S2. The van der Waals surface area contributed by atoms with Crippen LogP contribution in [0.5, 0.6) is 0 Å². The van der Waals surface area contributed by atoms with Crippen LogP contribution in [0.3, 0.4) is 0 Å². The van der Waals surface area contributed by atoms with E-state index in [4.69, 9.17) is 0 Å². The second-order valence-electron chi connectivity index (χ2n) is 11.5. The molecule has 0 saturated carbocycles. The zero-order chi connectivity index (χ0) is 29.0. The molecule has 0 amide bonds. The molecule has 0 saturated heterocycles. The van der Waals surface area contributed by atoms with Crippen LogP contribution >= 0.6 is 22.7 Å². The first-order valence-electron chi connectivity index (χ1n) is 14.9. The highest BCUT2D eigenvalue weighted by Gasteiger charge is 2.08. The van der Waals surface area contributed by atoms with Crippen LogP contribution in [0.25, 0.3) is 87.6 Å². The summed E-state index contributed by atoms with van der Waals surface area (Å²) in [7, 11) is 0. The van der Waals surface area contributed by atoms with E-state index >= 15 is 0 Å². The van der Waals surface area contributed by atoms with Gasteiger partial charge >= 0.3 is 0 Å². The molecule has 7 aromatic carbocycles. The van der Waals surface area contributed by atoms with Gasteiger partial charge < -0.3 is 0 Å². The van der Waals surface area contributed by atoms with Crippen LogP contribution in [0.2, 0.25) is 0 Å². The van der Waals surface area contributed by atoms with Gasteiger partial charge in [0.2, 0.25) is 0 Å². The smallest absolute Gasteiger partial charge is 0.0355 e. The number of thiophene rings is 2. The maximum Gasteiger partial charge on any atom is 0.0355 e. The Morgan fingerprint density at radius 1 is 0.295 bits per heavy atom. The Balaban J connectivity index is 1.03. The molecule has 0 N–H and O–H groups in total. The predicted octanol–water partition coefficient (Wildman–Crippen LogP) is 13.1. The first-order valence-corrected chi connectivity index (χ1v) is 16.5. The van der Waals surface area contributed by atoms with Crippen LogP contribution in [0.1, 0.15) is 20.9 Å². The van der Waals surface area contributed by atoms with E-state index in [9.17, 15) is 0 Å². The average molecular weight is 595 g/mol. The average Bonchev–Trinajstić information content (AvgIpc) is 3.65. The summed E-state index contributed by atoms with van der Waals surface area (Å²) in [5.74, 6) is 0. The second-order valence-corrected chi connectivity index (χ2v) is 13.7. The quantitative estimate of drug-likeness (QED) is 0.178. The zero-order valence-corrected chi connectivity index (χ0v) is 25.5. The van der Waals surface area contributed by atoms with E-state index in [0.717, 1.165) is 0 Å². The van der Waals surface area contributed by atoms with Gasteiger partial charge in [0.25, 0.3) is 0 Å². The van der Waals surface area contributed by atoms with Crippen molar-refractivity contribution in [1.29, 1.82) is 0 Å². The molecule has 2 heterocycles. The van der Waals surface area contributed by atoms with E-state index in [1.165, 1.54) is 84.1 Å². The van der Waals surface area contributed by atoms with Gasteiger partial charge in [-0.3, -0.25) is 0 Å². The number of hydrogen-bond donors (Lipinski definition) is 0. The van der Waals surface area contributed by atoms with E-state index in [-0.39, 0.29) is 0 Å². The van der Waals surface area contributed by atoms with Crippen LogP contribution < -0.4 is 0 Å². The van der Waals surface area contributed by atoms with Gasteiger partial charge in [0.1, 0.15) is 0 Å². The third-order valence-corrected chi connectivity index (χ3v) is 10.7. The Morgan fingerprint density at radius 2 is 0.705 bits per heavy atom. The molecule has 9 aromatic rings. The number of fused-ring (bicyclic) bond motifs is 6. The molecule has 2 heteroatoms. The summed E-state index contributed by atoms with van der Waals surface area (Å²) < 4.78 is 2.65. The van der Waals surface area contributed by atoms with Gasteiger partial charge in [0.15, 0.2) is 0 Å². The maximum atomic E-state index is 2.36. The largest absolute Gasteiger partial charge is 0.136 e. The number of hydrogen-bond acceptors (Lipinski definition) is 2. The van der Waals surface area contributed by atoms with Crippen LogP contribution in [-0.4, -0.2) is 0 Å². The van der Waals surface area contributed by atoms with Crippen molar-refractivity contribution in [1.82, 2.24) is 0 Å². The highest BCUT2D eigenvalue weighted by atomic mass is 32.1. The first-order chi connectivity index (χ1) is 21.7. The molecule has 0 fully saturated rings. The Hall–Kier alpha value is -5.02. The lowest BCUT2D eigenvalue weighted by Gasteiger charge is -2.04. The van der Waals surface area contributed by atoms with E-state index in [1.807, 2.05) is 22.7 Å². The highest BCUT2D eigenvalue weighted by molar-refractivity contribution is 7.20. The second kappa shape index (κ2) is 10.3. The van der Waals surface area contributed by atoms with Gasteiger partial charge in [-0.05, 0) is 138 Å². The van der Waals surface area contributed by atoms with Crippen molar-refractivity contribution in [3.05, 3.63) is 154 Å². The molecule has 44 heavy (non-hydrogen) atoms. The lowest BCUT2D eigenvalue weighted by molar-refractivity contribution is 1.71. The molecule has 0 spiro atoms. The highest BCUT2D eigenvalue weighted by Crippen LogP contribution is 2.36. The van der Waals surface area contributed by atoms with Crippen molar-refractivity contribution in [3.8, 4) is 0 Å². The normalized spacial score (nSPS) is 12.4. The van der Waals surface area contributed by atoms with E-state index in [0.29, 0.717) is 0 Å². The molecule has 0 bridgehead atoms. The topological polar surface area (TPSA) is 0 Å². The van der Waals surface area contributed by atoms with Crippen molar-refractivity contribution in [3.63, 3.8) is 0 Å². The minimum absolute atomic E-state index is 1.23. The minimum Gasteiger partial charge on any atom is -0.136 e. The summed E-state index contributed by atoms with van der Waals surface area (Å²) in [6, 6.07) is 49.1. The Bertz CT molecular complexity index is 2340. The summed E-state index contributed by atoms with van der Waals surface area (Å²) in [6.45, 7) is 0. The molecule has 0 nitrogen and oxygen atoms in total. The van der Waals surface area contributed by atoms with Crippen molar-refractivity contribution < 1.29 is 0 Å². The monoisotopic (exact) mass is 594 g/mol. The molecule has 206 valence electrons. The van der Waals surface area contributed by atoms with Gasteiger partial charge in [0.05, 0.1) is 0 Å². The van der Waals surface area contributed by atoms with Crippen LogP contribution in [0, 0.1) is 0 Å². The van der Waals surface area contributed by atoms with Crippen molar-refractivity contribution in [2.75, 3.05) is 0 Å². The molecular weight excluding hydrogens is 569 g/mol. The van der Waals surface area contributed by atoms with E-state index in [1.54, 1.807) is 0 Å². The Kier molecular flexibility index (Phi) is 5.97. The van der Waals surface area contributed by atoms with Crippen molar-refractivity contribution in [2.45, 2.75) is 0 Å². The molecule has 0 aliphatic carbocycles. The lowest BCUT2D eigenvalue weighted by atomic mass is 10.0. The van der Waals surface area contributed by atoms with Crippen LogP contribution in [-0.2, 0) is 0 Å². The van der Waals surface area contributed by atoms with E-state index < -0.39 is 0 Å². The number of rotatable bonds is 4. The molecule has 2 aromatic heterocycles. The molecule has 0 aliphatic rings. The summed E-state index contributed by atoms with van der Waals surface area (Å²) in [5.41, 5.74) is 2.45. The summed E-state index contributed by atoms with van der Waals surface area (Å²) in [6.07, 6.45) is 8.94. The van der Waals surface area contributed by atoms with Gasteiger partial charge in [-0.15, -0.1) is 22.7 Å². The summed E-state index contributed by atoms with van der Waals surface area (Å²) >= 11 is 3.72. The maximum absolute atomic E-state index is 2.36. The summed E-state index contributed by atoms with van der Waals surface area (Å²) in [5, 5.41) is 12.9. The van der Waals surface area contributed by atoms with Crippen LogP contribution in [0.15, 0.2) is 133 Å². The fraction of sp³-hybridized carbons (Fsp3) is 0. The Morgan fingerprint density at radius 3 is 1.18 bits per heavy atom. The van der Waals surface area contributed by atoms with Gasteiger partial charge in [-0.1, -0.05) is 84.9 Å². The van der Waals surface area contributed by atoms with Gasteiger partial charge in [0, 0.05) is 19.2 Å². The SMILES string of the molecule is C(=C\c1cc2cc3cc4cc5cc(/C=C/c6ccc7ccccc7c6)sc5cc4cc3cc2s1)/c1ccc2ccccc2c1. The zero-order valence-electron chi connectivity index (χ0n) is 23.8. The fourth-order valence-electron chi connectivity index (χ4n) is 6.26. The third-order valence-electron chi connectivity index (χ3n) is 8.53. The van der Waals surface area contributed by atoms with Gasteiger partial charge in [-0.25, -0.2) is 0 Å². The minimum atomic E-state index is 1.23. The van der Waals surface area contributed by atoms with Crippen molar-refractivity contribution >= 4 is 110 Å².